The summed E-state index contributed by atoms with van der Waals surface area (Å²) in [4.78, 5) is 15.2. The molecule has 3 aromatic rings. The lowest BCUT2D eigenvalue weighted by molar-refractivity contribution is -0.136. The minimum atomic E-state index is -0.804. The highest BCUT2D eigenvalue weighted by Gasteiger charge is 2.11. The van der Waals surface area contributed by atoms with Crippen molar-refractivity contribution in [2.24, 2.45) is 0 Å². The number of methoxy groups -OCH3 is 1. The Hall–Kier alpha value is -3.14. The number of carboxylic acid groups (broad SMARTS) is 1. The van der Waals surface area contributed by atoms with E-state index in [9.17, 15) is 4.79 Å². The van der Waals surface area contributed by atoms with Crippen molar-refractivity contribution < 1.29 is 14.6 Å². The number of rotatable bonds is 6. The quantitative estimate of drug-likeness (QED) is 0.638. The van der Waals surface area contributed by atoms with Crippen LogP contribution < -0.4 is 4.74 Å². The van der Waals surface area contributed by atoms with Crippen LogP contribution in [-0.2, 0) is 11.2 Å². The van der Waals surface area contributed by atoms with Gasteiger partial charge in [0.2, 0.25) is 0 Å². The summed E-state index contributed by atoms with van der Waals surface area (Å²) >= 11 is 0. The van der Waals surface area contributed by atoms with E-state index in [1.54, 1.807) is 13.3 Å². The Morgan fingerprint density at radius 3 is 2.48 bits per heavy atom. The van der Waals surface area contributed by atoms with Gasteiger partial charge >= 0.3 is 5.97 Å². The van der Waals surface area contributed by atoms with Gasteiger partial charge in [-0.15, -0.1) is 0 Å². The average Bonchev–Trinajstić information content (AvgIpc) is 2.66. The van der Waals surface area contributed by atoms with Gasteiger partial charge in [0.15, 0.2) is 0 Å². The number of hydrogen-bond acceptors (Lipinski definition) is 3. The van der Waals surface area contributed by atoms with Crippen molar-refractivity contribution in [3.05, 3.63) is 72.1 Å². The Kier molecular flexibility index (Phi) is 6.72. The molecule has 27 heavy (non-hydrogen) atoms. The molecule has 4 nitrogen and oxygen atoms in total. The first-order chi connectivity index (χ1) is 12.6. The summed E-state index contributed by atoms with van der Waals surface area (Å²) in [6.07, 6.45) is 4.17. The minimum absolute atomic E-state index is 0. The maximum Gasteiger partial charge on any atom is 0.303 e. The number of carbonyl (C=O) groups is 1. The Morgan fingerprint density at radius 1 is 1.07 bits per heavy atom. The number of aliphatic carboxylic acids is 1. The molecule has 140 valence electrons. The van der Waals surface area contributed by atoms with Gasteiger partial charge in [0.1, 0.15) is 5.75 Å². The molecule has 0 radical (unpaired) electrons. The average molecular weight is 363 g/mol. The van der Waals surface area contributed by atoms with Crippen LogP contribution in [0.4, 0.5) is 0 Å². The molecule has 0 aliphatic carbocycles. The lowest BCUT2D eigenvalue weighted by atomic mass is 9.92. The van der Waals surface area contributed by atoms with Gasteiger partial charge in [-0.25, -0.2) is 0 Å². The number of benzene rings is 2. The summed E-state index contributed by atoms with van der Waals surface area (Å²) in [6, 6.07) is 16.1. The fourth-order valence-corrected chi connectivity index (χ4v) is 3.10. The number of ether oxygens (including phenoxy) is 1. The SMILES string of the molecule is C.COc1ccc(-c2ccc(-c3cccnc3)c(C)c2)c(CCC(=O)O)c1. The standard InChI is InChI=1S/C22H21NO3.CH4/c1-15-12-16(5-8-20(15)18-4-3-11-23-14-18)21-9-7-19(26-2)13-17(21)6-10-22(24)25;/h3-5,7-9,11-14H,6,10H2,1-2H3,(H,24,25);1H4. The van der Waals surface area contributed by atoms with Crippen molar-refractivity contribution in [2.45, 2.75) is 27.2 Å². The van der Waals surface area contributed by atoms with Crippen LogP contribution >= 0.6 is 0 Å². The van der Waals surface area contributed by atoms with E-state index in [0.717, 1.165) is 39.1 Å². The summed E-state index contributed by atoms with van der Waals surface area (Å²) in [5.41, 5.74) is 6.45. The number of aryl methyl sites for hydroxylation is 2. The first kappa shape index (κ1) is 20.2. The summed E-state index contributed by atoms with van der Waals surface area (Å²) in [5.74, 6) is -0.0697. The van der Waals surface area contributed by atoms with Crippen molar-refractivity contribution in [3.63, 3.8) is 0 Å². The number of hydrogen-bond donors (Lipinski definition) is 1. The van der Waals surface area contributed by atoms with E-state index in [0.29, 0.717) is 6.42 Å². The molecule has 0 bridgehead atoms. The predicted molar refractivity (Wildman–Crippen MR) is 109 cm³/mol. The Balaban J connectivity index is 0.00000261. The molecule has 1 heterocycles. The second-order valence-electron chi connectivity index (χ2n) is 6.19. The Morgan fingerprint density at radius 2 is 1.85 bits per heavy atom. The zero-order chi connectivity index (χ0) is 18.5. The largest absolute Gasteiger partial charge is 0.497 e. The highest BCUT2D eigenvalue weighted by Crippen LogP contribution is 2.32. The fraction of sp³-hybridized carbons (Fsp3) is 0.217. The van der Waals surface area contributed by atoms with Crippen molar-refractivity contribution in [2.75, 3.05) is 7.11 Å². The topological polar surface area (TPSA) is 59.4 Å². The van der Waals surface area contributed by atoms with Crippen LogP contribution in [0, 0.1) is 6.92 Å². The van der Waals surface area contributed by atoms with E-state index < -0.39 is 5.97 Å². The lowest BCUT2D eigenvalue weighted by Gasteiger charge is -2.14. The number of aromatic nitrogens is 1. The van der Waals surface area contributed by atoms with Crippen LogP contribution in [0.1, 0.15) is 25.0 Å². The van der Waals surface area contributed by atoms with Gasteiger partial charge in [0, 0.05) is 24.4 Å². The maximum absolute atomic E-state index is 11.0. The number of pyridine rings is 1. The highest BCUT2D eigenvalue weighted by molar-refractivity contribution is 5.76. The highest BCUT2D eigenvalue weighted by atomic mass is 16.5. The van der Waals surface area contributed by atoms with Crippen molar-refractivity contribution >= 4 is 5.97 Å². The van der Waals surface area contributed by atoms with Gasteiger partial charge in [0.25, 0.3) is 0 Å². The molecule has 0 fully saturated rings. The van der Waals surface area contributed by atoms with Crippen molar-refractivity contribution in [1.82, 2.24) is 4.98 Å². The fourth-order valence-electron chi connectivity index (χ4n) is 3.10. The molecule has 0 amide bonds. The molecule has 0 saturated carbocycles. The molecular formula is C23H25NO3. The van der Waals surface area contributed by atoms with Crippen LogP contribution in [0.25, 0.3) is 22.3 Å². The van der Waals surface area contributed by atoms with E-state index in [4.69, 9.17) is 9.84 Å². The van der Waals surface area contributed by atoms with Crippen LogP contribution in [-0.4, -0.2) is 23.2 Å². The molecule has 0 aliphatic rings. The van der Waals surface area contributed by atoms with E-state index in [-0.39, 0.29) is 13.8 Å². The van der Waals surface area contributed by atoms with Crippen LogP contribution in [0.5, 0.6) is 5.75 Å². The normalized spacial score (nSPS) is 10.1. The Bertz CT molecular complexity index is 920. The molecule has 1 N–H and O–H groups in total. The molecular weight excluding hydrogens is 338 g/mol. The maximum atomic E-state index is 11.0. The third kappa shape index (κ3) is 4.73. The second kappa shape index (κ2) is 8.99. The van der Waals surface area contributed by atoms with Gasteiger partial charge in [-0.05, 0) is 59.4 Å². The third-order valence-corrected chi connectivity index (χ3v) is 4.43. The number of carboxylic acids is 1. The van der Waals surface area contributed by atoms with E-state index in [1.807, 2.05) is 36.5 Å². The minimum Gasteiger partial charge on any atom is -0.497 e. The summed E-state index contributed by atoms with van der Waals surface area (Å²) in [5, 5.41) is 9.03. The zero-order valence-corrected chi connectivity index (χ0v) is 14.9. The molecule has 0 saturated heterocycles. The molecule has 3 rings (SSSR count). The van der Waals surface area contributed by atoms with Crippen molar-refractivity contribution in [3.8, 4) is 28.0 Å². The monoisotopic (exact) mass is 363 g/mol. The summed E-state index contributed by atoms with van der Waals surface area (Å²) < 4.78 is 5.30. The first-order valence-corrected chi connectivity index (χ1v) is 8.48. The van der Waals surface area contributed by atoms with Crippen molar-refractivity contribution in [1.29, 1.82) is 0 Å². The molecule has 2 aromatic carbocycles. The van der Waals surface area contributed by atoms with Crippen LogP contribution in [0.15, 0.2) is 60.9 Å². The van der Waals surface area contributed by atoms with E-state index in [2.05, 4.69) is 30.1 Å². The van der Waals surface area contributed by atoms with Gasteiger partial charge in [-0.2, -0.15) is 0 Å². The molecule has 0 unspecified atom stereocenters. The smallest absolute Gasteiger partial charge is 0.303 e. The van der Waals surface area contributed by atoms with Gasteiger partial charge in [0.05, 0.1) is 7.11 Å². The zero-order valence-electron chi connectivity index (χ0n) is 14.9. The van der Waals surface area contributed by atoms with Crippen LogP contribution in [0.3, 0.4) is 0 Å². The summed E-state index contributed by atoms with van der Waals surface area (Å²) in [6.45, 7) is 2.08. The molecule has 4 heteroatoms. The lowest BCUT2D eigenvalue weighted by Crippen LogP contribution is -2.00. The summed E-state index contributed by atoms with van der Waals surface area (Å²) in [7, 11) is 1.61. The number of nitrogens with zero attached hydrogens (tertiary/aromatic N) is 1. The van der Waals surface area contributed by atoms with Gasteiger partial charge in [-0.3, -0.25) is 9.78 Å². The predicted octanol–water partition coefficient (Wildman–Crippen LogP) is 5.39. The van der Waals surface area contributed by atoms with Crippen LogP contribution in [0.2, 0.25) is 0 Å². The van der Waals surface area contributed by atoms with Gasteiger partial charge < -0.3 is 9.84 Å². The molecule has 0 aliphatic heterocycles. The Labute approximate surface area is 160 Å². The molecule has 0 spiro atoms. The molecule has 0 atom stereocenters. The van der Waals surface area contributed by atoms with E-state index >= 15 is 0 Å². The van der Waals surface area contributed by atoms with Gasteiger partial charge in [-0.1, -0.05) is 37.8 Å². The first-order valence-electron chi connectivity index (χ1n) is 8.48. The molecule has 1 aromatic heterocycles. The third-order valence-electron chi connectivity index (χ3n) is 4.43. The second-order valence-corrected chi connectivity index (χ2v) is 6.19. The van der Waals surface area contributed by atoms with E-state index in [1.165, 1.54) is 0 Å².